The molecule has 0 saturated carbocycles. The molecule has 0 aliphatic carbocycles. The van der Waals surface area contributed by atoms with Gasteiger partial charge in [0.25, 0.3) is 0 Å². The molecule has 1 N–H and O–H groups in total. The van der Waals surface area contributed by atoms with Gasteiger partial charge in [0.2, 0.25) is 0 Å². The van der Waals surface area contributed by atoms with Crippen molar-refractivity contribution in [3.05, 3.63) is 46.7 Å². The molecule has 0 amide bonds. The number of aliphatic carboxylic acids is 1. The molecule has 0 radical (unpaired) electrons. The van der Waals surface area contributed by atoms with Crippen molar-refractivity contribution in [3.8, 4) is 5.69 Å². The molecule has 0 aliphatic heterocycles. The van der Waals surface area contributed by atoms with Crippen LogP contribution in [0.15, 0.2) is 41.1 Å². The summed E-state index contributed by atoms with van der Waals surface area (Å²) >= 11 is 3.35. The Morgan fingerprint density at radius 2 is 2.06 bits per heavy atom. The number of hydrogen-bond donors (Lipinski definition) is 1. The summed E-state index contributed by atoms with van der Waals surface area (Å²) in [4.78, 5) is 10.6. The minimum atomic E-state index is -0.867. The molecule has 5 heteroatoms. The molecule has 0 saturated heterocycles. The smallest absolute Gasteiger partial charge is 0.307 e. The zero-order chi connectivity index (χ0) is 11.5. The van der Waals surface area contributed by atoms with E-state index in [9.17, 15) is 4.79 Å². The molecule has 0 spiro atoms. The van der Waals surface area contributed by atoms with E-state index in [2.05, 4.69) is 21.0 Å². The molecule has 1 aromatic carbocycles. The summed E-state index contributed by atoms with van der Waals surface area (Å²) in [5.74, 6) is -0.867. The van der Waals surface area contributed by atoms with Gasteiger partial charge < -0.3 is 5.11 Å². The van der Waals surface area contributed by atoms with Crippen molar-refractivity contribution >= 4 is 21.9 Å². The molecule has 2 rings (SSSR count). The van der Waals surface area contributed by atoms with Crippen LogP contribution < -0.4 is 0 Å². The molecule has 4 nitrogen and oxygen atoms in total. The first-order valence-electron chi connectivity index (χ1n) is 4.68. The predicted octanol–water partition coefficient (Wildman–Crippen LogP) is 2.26. The molecular formula is C11H9BrN2O2. The third-order valence-corrected chi connectivity index (χ3v) is 2.97. The maximum Gasteiger partial charge on any atom is 0.307 e. The standard InChI is InChI=1S/C11H9BrN2O2/c12-11-8(6-10(15)16)7-13-14(11)9-4-2-1-3-5-9/h1-5,7H,6H2,(H,15,16). The van der Waals surface area contributed by atoms with Gasteiger partial charge in [0.1, 0.15) is 4.60 Å². The molecule has 1 heterocycles. The van der Waals surface area contributed by atoms with Crippen LogP contribution in [0.4, 0.5) is 0 Å². The van der Waals surface area contributed by atoms with Crippen molar-refractivity contribution < 1.29 is 9.90 Å². The van der Waals surface area contributed by atoms with Gasteiger partial charge in [-0.2, -0.15) is 5.10 Å². The van der Waals surface area contributed by atoms with Gasteiger partial charge in [-0.25, -0.2) is 4.68 Å². The van der Waals surface area contributed by atoms with Crippen molar-refractivity contribution in [2.75, 3.05) is 0 Å². The minimum Gasteiger partial charge on any atom is -0.481 e. The second-order valence-corrected chi connectivity index (χ2v) is 4.03. The normalized spacial score (nSPS) is 10.3. The van der Waals surface area contributed by atoms with Crippen molar-refractivity contribution in [1.82, 2.24) is 9.78 Å². The second kappa shape index (κ2) is 4.49. The molecule has 2 aromatic rings. The first-order chi connectivity index (χ1) is 7.68. The average Bonchev–Trinajstić information content (AvgIpc) is 2.61. The number of hydrogen-bond acceptors (Lipinski definition) is 2. The van der Waals surface area contributed by atoms with Crippen molar-refractivity contribution in [2.45, 2.75) is 6.42 Å². The Bertz CT molecular complexity index is 508. The number of benzene rings is 1. The van der Waals surface area contributed by atoms with Crippen LogP contribution in [0.5, 0.6) is 0 Å². The Balaban J connectivity index is 2.37. The van der Waals surface area contributed by atoms with E-state index in [1.165, 1.54) is 0 Å². The maximum absolute atomic E-state index is 10.6. The van der Waals surface area contributed by atoms with Crippen LogP contribution >= 0.6 is 15.9 Å². The van der Waals surface area contributed by atoms with Gasteiger partial charge in [-0.1, -0.05) is 18.2 Å². The fourth-order valence-electron chi connectivity index (χ4n) is 1.40. The Hall–Kier alpha value is -1.62. The molecule has 0 unspecified atom stereocenters. The lowest BCUT2D eigenvalue weighted by atomic mass is 10.2. The maximum atomic E-state index is 10.6. The lowest BCUT2D eigenvalue weighted by Crippen LogP contribution is -2.01. The second-order valence-electron chi connectivity index (χ2n) is 3.28. The van der Waals surface area contributed by atoms with Crippen molar-refractivity contribution in [2.24, 2.45) is 0 Å². The van der Waals surface area contributed by atoms with E-state index in [0.29, 0.717) is 10.2 Å². The summed E-state index contributed by atoms with van der Waals surface area (Å²) in [6.07, 6.45) is 1.53. The summed E-state index contributed by atoms with van der Waals surface area (Å²) < 4.78 is 2.35. The first kappa shape index (κ1) is 10.9. The lowest BCUT2D eigenvalue weighted by molar-refractivity contribution is -0.136. The highest BCUT2D eigenvalue weighted by Gasteiger charge is 2.11. The summed E-state index contributed by atoms with van der Waals surface area (Å²) in [6, 6.07) is 9.53. The number of carbonyl (C=O) groups is 1. The van der Waals surface area contributed by atoms with E-state index in [1.54, 1.807) is 10.9 Å². The largest absolute Gasteiger partial charge is 0.481 e. The van der Waals surface area contributed by atoms with Gasteiger partial charge in [0.15, 0.2) is 0 Å². The zero-order valence-corrected chi connectivity index (χ0v) is 9.89. The molecule has 16 heavy (non-hydrogen) atoms. The van der Waals surface area contributed by atoms with Gasteiger partial charge in [-0.15, -0.1) is 0 Å². The van der Waals surface area contributed by atoms with Crippen molar-refractivity contribution in [3.63, 3.8) is 0 Å². The fourth-order valence-corrected chi connectivity index (χ4v) is 1.94. The van der Waals surface area contributed by atoms with Crippen molar-refractivity contribution in [1.29, 1.82) is 0 Å². The number of halogens is 1. The summed E-state index contributed by atoms with van der Waals surface area (Å²) in [5.41, 5.74) is 1.56. The van der Waals surface area contributed by atoms with E-state index in [0.717, 1.165) is 5.69 Å². The van der Waals surface area contributed by atoms with Crippen LogP contribution in [-0.2, 0) is 11.2 Å². The van der Waals surface area contributed by atoms with E-state index >= 15 is 0 Å². The van der Waals surface area contributed by atoms with E-state index in [-0.39, 0.29) is 6.42 Å². The minimum absolute atomic E-state index is 0.0343. The summed E-state index contributed by atoms with van der Waals surface area (Å²) in [6.45, 7) is 0. The topological polar surface area (TPSA) is 55.1 Å². The Morgan fingerprint density at radius 1 is 1.38 bits per heavy atom. The van der Waals surface area contributed by atoms with E-state index < -0.39 is 5.97 Å². The van der Waals surface area contributed by atoms with Crippen LogP contribution in [0.1, 0.15) is 5.56 Å². The third-order valence-electron chi connectivity index (χ3n) is 2.12. The SMILES string of the molecule is O=C(O)Cc1cnn(-c2ccccc2)c1Br. The number of nitrogens with zero attached hydrogens (tertiary/aromatic N) is 2. The number of rotatable bonds is 3. The number of aromatic nitrogens is 2. The summed E-state index contributed by atoms with van der Waals surface area (Å²) in [7, 11) is 0. The highest BCUT2D eigenvalue weighted by atomic mass is 79.9. The molecule has 0 aliphatic rings. The molecule has 0 atom stereocenters. The van der Waals surface area contributed by atoms with Gasteiger partial charge >= 0.3 is 5.97 Å². The lowest BCUT2D eigenvalue weighted by Gasteiger charge is -2.02. The Kier molecular flexibility index (Phi) is 3.05. The predicted molar refractivity (Wildman–Crippen MR) is 62.6 cm³/mol. The number of carboxylic acid groups (broad SMARTS) is 1. The van der Waals surface area contributed by atoms with Crippen LogP contribution in [0.2, 0.25) is 0 Å². The van der Waals surface area contributed by atoms with Gasteiger partial charge in [-0.05, 0) is 28.1 Å². The Morgan fingerprint density at radius 3 is 2.69 bits per heavy atom. The van der Waals surface area contributed by atoms with Crippen LogP contribution in [0, 0.1) is 0 Å². The molecule has 0 fully saturated rings. The highest BCUT2D eigenvalue weighted by Crippen LogP contribution is 2.20. The summed E-state index contributed by atoms with van der Waals surface area (Å²) in [5, 5.41) is 12.9. The number of para-hydroxylation sites is 1. The zero-order valence-electron chi connectivity index (χ0n) is 8.30. The monoisotopic (exact) mass is 280 g/mol. The van der Waals surface area contributed by atoms with Gasteiger partial charge in [0, 0.05) is 5.56 Å². The molecule has 82 valence electrons. The van der Waals surface area contributed by atoms with Gasteiger partial charge in [0.05, 0.1) is 18.3 Å². The van der Waals surface area contributed by atoms with Crippen LogP contribution in [-0.4, -0.2) is 20.9 Å². The van der Waals surface area contributed by atoms with Crippen LogP contribution in [0.25, 0.3) is 5.69 Å². The van der Waals surface area contributed by atoms with Gasteiger partial charge in [-0.3, -0.25) is 4.79 Å². The molecule has 0 bridgehead atoms. The number of carboxylic acids is 1. The average molecular weight is 281 g/mol. The Labute approximate surface area is 101 Å². The first-order valence-corrected chi connectivity index (χ1v) is 5.47. The van der Waals surface area contributed by atoms with Crippen LogP contribution in [0.3, 0.4) is 0 Å². The quantitative estimate of drug-likeness (QED) is 0.938. The molecular weight excluding hydrogens is 272 g/mol. The molecule has 1 aromatic heterocycles. The fraction of sp³-hybridized carbons (Fsp3) is 0.0909. The van der Waals surface area contributed by atoms with E-state index in [1.807, 2.05) is 30.3 Å². The third kappa shape index (κ3) is 2.14. The highest BCUT2D eigenvalue weighted by molar-refractivity contribution is 9.10. The van der Waals surface area contributed by atoms with E-state index in [4.69, 9.17) is 5.11 Å².